The van der Waals surface area contributed by atoms with E-state index in [1.807, 2.05) is 0 Å². The molecule has 2 amide bonds. The van der Waals surface area contributed by atoms with E-state index >= 15 is 0 Å². The lowest BCUT2D eigenvalue weighted by Crippen LogP contribution is -2.19. The molecule has 23 heavy (non-hydrogen) atoms. The Morgan fingerprint density at radius 1 is 1.04 bits per heavy atom. The van der Waals surface area contributed by atoms with Crippen molar-refractivity contribution in [1.82, 2.24) is 0 Å². The van der Waals surface area contributed by atoms with Gasteiger partial charge in [-0.2, -0.15) is 0 Å². The molecule has 0 saturated carbocycles. The molecule has 0 aromatic heterocycles. The van der Waals surface area contributed by atoms with Crippen molar-refractivity contribution >= 4 is 27.2 Å². The van der Waals surface area contributed by atoms with E-state index in [4.69, 9.17) is 0 Å². The van der Waals surface area contributed by atoms with Crippen LogP contribution in [0.5, 0.6) is 5.75 Å². The second-order valence-corrected chi connectivity index (χ2v) is 7.08. The first-order valence-electron chi connectivity index (χ1n) is 7.10. The number of carbonyl (C=O) groups excluding carboxylic acids is 1. The Morgan fingerprint density at radius 2 is 1.70 bits per heavy atom. The Hall–Kier alpha value is -2.54. The lowest BCUT2D eigenvalue weighted by Gasteiger charge is -2.09. The van der Waals surface area contributed by atoms with Gasteiger partial charge in [0.15, 0.2) is 9.84 Å². The summed E-state index contributed by atoms with van der Waals surface area (Å²) in [6.07, 6.45) is 0.550. The first-order chi connectivity index (χ1) is 10.9. The SMILES string of the molecule is CCCS(=O)(=O)c1ccc(NC(=O)Nc2cccc(O)c2)cc1. The van der Waals surface area contributed by atoms with E-state index in [2.05, 4.69) is 10.6 Å². The molecule has 2 aromatic carbocycles. The summed E-state index contributed by atoms with van der Waals surface area (Å²) in [6.45, 7) is 1.80. The van der Waals surface area contributed by atoms with E-state index in [1.165, 1.54) is 36.4 Å². The number of nitrogens with one attached hydrogen (secondary N) is 2. The van der Waals surface area contributed by atoms with Gasteiger partial charge in [-0.1, -0.05) is 13.0 Å². The fourth-order valence-electron chi connectivity index (χ4n) is 2.01. The number of urea groups is 1. The predicted octanol–water partition coefficient (Wildman–Crippen LogP) is 3.22. The van der Waals surface area contributed by atoms with Crippen LogP contribution in [-0.2, 0) is 9.84 Å². The van der Waals surface area contributed by atoms with E-state index in [0.29, 0.717) is 17.8 Å². The Kier molecular flexibility index (Phi) is 5.23. The number of hydrogen-bond donors (Lipinski definition) is 3. The van der Waals surface area contributed by atoms with Crippen molar-refractivity contribution in [2.24, 2.45) is 0 Å². The van der Waals surface area contributed by atoms with Crippen LogP contribution in [0.4, 0.5) is 16.2 Å². The minimum absolute atomic E-state index is 0.0493. The Labute approximate surface area is 135 Å². The average Bonchev–Trinajstić information content (AvgIpc) is 2.47. The number of sulfone groups is 1. The van der Waals surface area contributed by atoms with Crippen LogP contribution >= 0.6 is 0 Å². The van der Waals surface area contributed by atoms with Crippen LogP contribution in [0.25, 0.3) is 0 Å². The lowest BCUT2D eigenvalue weighted by molar-refractivity contribution is 0.262. The minimum atomic E-state index is -3.26. The van der Waals surface area contributed by atoms with Crippen LogP contribution in [0, 0.1) is 0 Å². The smallest absolute Gasteiger partial charge is 0.323 e. The molecule has 0 saturated heterocycles. The average molecular weight is 334 g/mol. The molecular weight excluding hydrogens is 316 g/mol. The van der Waals surface area contributed by atoms with Crippen molar-refractivity contribution < 1.29 is 18.3 Å². The molecular formula is C16H18N2O4S. The molecule has 3 N–H and O–H groups in total. The van der Waals surface area contributed by atoms with Gasteiger partial charge in [0.25, 0.3) is 0 Å². The molecule has 0 heterocycles. The molecule has 6 nitrogen and oxygen atoms in total. The third-order valence-corrected chi connectivity index (χ3v) is 4.98. The fraction of sp³-hybridized carbons (Fsp3) is 0.188. The van der Waals surface area contributed by atoms with Gasteiger partial charge in [0.05, 0.1) is 10.6 Å². The van der Waals surface area contributed by atoms with E-state index < -0.39 is 15.9 Å². The van der Waals surface area contributed by atoms with E-state index in [0.717, 1.165) is 0 Å². The van der Waals surface area contributed by atoms with Gasteiger partial charge >= 0.3 is 6.03 Å². The zero-order valence-electron chi connectivity index (χ0n) is 12.6. The highest BCUT2D eigenvalue weighted by Gasteiger charge is 2.13. The van der Waals surface area contributed by atoms with Gasteiger partial charge in [-0.3, -0.25) is 0 Å². The van der Waals surface area contributed by atoms with E-state index in [-0.39, 0.29) is 16.4 Å². The summed E-state index contributed by atoms with van der Waals surface area (Å²) in [4.78, 5) is 12.1. The molecule has 0 fully saturated rings. The molecule has 0 bridgehead atoms. The molecule has 0 spiro atoms. The highest BCUT2D eigenvalue weighted by Crippen LogP contribution is 2.18. The van der Waals surface area contributed by atoms with Gasteiger partial charge in [0.1, 0.15) is 5.75 Å². The molecule has 7 heteroatoms. The molecule has 0 aliphatic carbocycles. The van der Waals surface area contributed by atoms with E-state index in [9.17, 15) is 18.3 Å². The Balaban J connectivity index is 2.02. The molecule has 0 aliphatic rings. The Morgan fingerprint density at radius 3 is 2.30 bits per heavy atom. The standard InChI is InChI=1S/C16H18N2O4S/c1-2-10-23(21,22)15-8-6-12(7-9-15)17-16(20)18-13-4-3-5-14(19)11-13/h3-9,11,19H,2,10H2,1H3,(H2,17,18,20). The molecule has 122 valence electrons. The van der Waals surface area contributed by atoms with Crippen molar-refractivity contribution in [2.45, 2.75) is 18.2 Å². The number of anilines is 2. The monoisotopic (exact) mass is 334 g/mol. The van der Waals surface area contributed by atoms with Gasteiger partial charge < -0.3 is 15.7 Å². The third kappa shape index (κ3) is 4.72. The summed E-state index contributed by atoms with van der Waals surface area (Å²) >= 11 is 0. The number of benzene rings is 2. The van der Waals surface area contributed by atoms with Gasteiger partial charge in [-0.05, 0) is 42.8 Å². The van der Waals surface area contributed by atoms with Crippen LogP contribution in [-0.4, -0.2) is 25.3 Å². The summed E-state index contributed by atoms with van der Waals surface area (Å²) < 4.78 is 23.8. The zero-order chi connectivity index (χ0) is 16.9. The highest BCUT2D eigenvalue weighted by atomic mass is 32.2. The number of phenolic OH excluding ortho intramolecular Hbond substituents is 1. The normalized spacial score (nSPS) is 11.0. The summed E-state index contributed by atoms with van der Waals surface area (Å²) in [5.41, 5.74) is 0.919. The zero-order valence-corrected chi connectivity index (χ0v) is 13.4. The maximum Gasteiger partial charge on any atom is 0.323 e. The van der Waals surface area contributed by atoms with Gasteiger partial charge in [0, 0.05) is 17.4 Å². The van der Waals surface area contributed by atoms with Crippen LogP contribution in [0.1, 0.15) is 13.3 Å². The summed E-state index contributed by atoms with van der Waals surface area (Å²) in [5, 5.41) is 14.5. The first-order valence-corrected chi connectivity index (χ1v) is 8.76. The number of hydrogen-bond acceptors (Lipinski definition) is 4. The number of phenols is 1. The fourth-order valence-corrected chi connectivity index (χ4v) is 3.33. The van der Waals surface area contributed by atoms with Crippen LogP contribution in [0.3, 0.4) is 0 Å². The van der Waals surface area contributed by atoms with Crippen molar-refractivity contribution in [3.63, 3.8) is 0 Å². The quantitative estimate of drug-likeness (QED) is 0.782. The van der Waals surface area contributed by atoms with Gasteiger partial charge in [-0.25, -0.2) is 13.2 Å². The maximum absolute atomic E-state index is 11.9. The first kappa shape index (κ1) is 16.8. The Bertz CT molecular complexity index is 786. The number of amides is 2. The van der Waals surface area contributed by atoms with Crippen LogP contribution < -0.4 is 10.6 Å². The van der Waals surface area contributed by atoms with E-state index in [1.54, 1.807) is 19.1 Å². The number of carbonyl (C=O) groups is 1. The van der Waals surface area contributed by atoms with Gasteiger partial charge in [-0.15, -0.1) is 0 Å². The minimum Gasteiger partial charge on any atom is -0.508 e. The maximum atomic E-state index is 11.9. The second kappa shape index (κ2) is 7.15. The summed E-state index contributed by atoms with van der Waals surface area (Å²) in [7, 11) is -3.26. The van der Waals surface area contributed by atoms with Crippen molar-refractivity contribution in [3.05, 3.63) is 48.5 Å². The lowest BCUT2D eigenvalue weighted by atomic mass is 10.3. The topological polar surface area (TPSA) is 95.5 Å². The van der Waals surface area contributed by atoms with Crippen molar-refractivity contribution in [3.8, 4) is 5.75 Å². The second-order valence-electron chi connectivity index (χ2n) is 4.97. The molecule has 0 aliphatic heterocycles. The molecule has 0 unspecified atom stereocenters. The summed E-state index contributed by atoms with van der Waals surface area (Å²) in [6, 6.07) is 11.7. The van der Waals surface area contributed by atoms with Crippen LogP contribution in [0.15, 0.2) is 53.4 Å². The van der Waals surface area contributed by atoms with Crippen molar-refractivity contribution in [2.75, 3.05) is 16.4 Å². The largest absolute Gasteiger partial charge is 0.508 e. The number of aromatic hydroxyl groups is 1. The molecule has 2 aromatic rings. The molecule has 0 radical (unpaired) electrons. The highest BCUT2D eigenvalue weighted by molar-refractivity contribution is 7.91. The summed E-state index contributed by atoms with van der Waals surface area (Å²) in [5.74, 6) is 0.144. The third-order valence-electron chi connectivity index (χ3n) is 3.05. The molecule has 2 rings (SSSR count). The van der Waals surface area contributed by atoms with Gasteiger partial charge in [0.2, 0.25) is 0 Å². The van der Waals surface area contributed by atoms with Crippen molar-refractivity contribution in [1.29, 1.82) is 0 Å². The van der Waals surface area contributed by atoms with Crippen LogP contribution in [0.2, 0.25) is 0 Å². The number of rotatable bonds is 5. The molecule has 0 atom stereocenters. The predicted molar refractivity (Wildman–Crippen MR) is 89.5 cm³/mol.